The van der Waals surface area contributed by atoms with E-state index in [1.165, 1.54) is 22.7 Å². The molecule has 1 heterocycles. The third-order valence-electron chi connectivity index (χ3n) is 3.98. The Labute approximate surface area is 155 Å². The van der Waals surface area contributed by atoms with Crippen molar-refractivity contribution < 1.29 is 23.2 Å². The smallest absolute Gasteiger partial charge is 0.270 e. The zero-order valence-electron chi connectivity index (χ0n) is 14.1. The van der Waals surface area contributed by atoms with Gasteiger partial charge in [0.2, 0.25) is 10.0 Å². The summed E-state index contributed by atoms with van der Waals surface area (Å²) in [7, 11) is -3.67. The van der Waals surface area contributed by atoms with Crippen molar-refractivity contribution in [2.45, 2.75) is 4.90 Å². The second-order valence-electron chi connectivity index (χ2n) is 5.75. The summed E-state index contributed by atoms with van der Waals surface area (Å²) in [6.45, 7) is 1.25. The van der Waals surface area contributed by atoms with Gasteiger partial charge in [-0.3, -0.25) is 15.1 Å². The Balaban J connectivity index is 1.87. The second-order valence-corrected chi connectivity index (χ2v) is 7.69. The lowest BCUT2D eigenvalue weighted by Gasteiger charge is -2.26. The van der Waals surface area contributed by atoms with Gasteiger partial charge in [-0.2, -0.15) is 4.31 Å². The van der Waals surface area contributed by atoms with Crippen molar-refractivity contribution in [1.82, 2.24) is 4.31 Å². The first kappa shape index (κ1) is 19.0. The molecule has 0 aromatic heterocycles. The molecule has 1 saturated heterocycles. The number of rotatable bonds is 5. The molecule has 10 heteroatoms. The number of hydrogen-bond donors (Lipinski definition) is 0. The maximum atomic E-state index is 12.7. The Morgan fingerprint density at radius 3 is 2.59 bits per heavy atom. The van der Waals surface area contributed by atoms with Crippen LogP contribution >= 0.6 is 0 Å². The van der Waals surface area contributed by atoms with Gasteiger partial charge < -0.3 is 9.84 Å². The predicted molar refractivity (Wildman–Crippen MR) is 95.8 cm³/mol. The molecule has 27 heavy (non-hydrogen) atoms. The lowest BCUT2D eigenvalue weighted by atomic mass is 10.2. The Hall–Kier alpha value is -2.82. The Morgan fingerprint density at radius 2 is 1.89 bits per heavy atom. The lowest BCUT2D eigenvalue weighted by Crippen LogP contribution is -2.40. The standard InChI is InChI=1S/C17H17N3O6S/c21-17-5-4-15(20(22)23)10-13(17)12-18-14-2-1-3-16(11-14)27(24,25)19-6-8-26-9-7-19/h1-5,10-12,21H,6-9H2/p-1. The molecule has 3 rings (SSSR count). The predicted octanol–water partition coefficient (Wildman–Crippen LogP) is 1.44. The fourth-order valence-electron chi connectivity index (χ4n) is 2.55. The average Bonchev–Trinajstić information content (AvgIpc) is 2.68. The maximum absolute atomic E-state index is 12.7. The lowest BCUT2D eigenvalue weighted by molar-refractivity contribution is -0.385. The van der Waals surface area contributed by atoms with Gasteiger partial charge in [0, 0.05) is 31.4 Å². The zero-order chi connectivity index (χ0) is 19.4. The average molecular weight is 390 g/mol. The molecule has 0 aliphatic carbocycles. The Bertz CT molecular complexity index is 984. The minimum Gasteiger partial charge on any atom is -0.872 e. The number of benzene rings is 2. The summed E-state index contributed by atoms with van der Waals surface area (Å²) in [6, 6.07) is 9.33. The topological polar surface area (TPSA) is 125 Å². The summed E-state index contributed by atoms with van der Waals surface area (Å²) in [5.41, 5.74) is 0.139. The van der Waals surface area contributed by atoms with Crippen molar-refractivity contribution in [2.75, 3.05) is 26.3 Å². The summed E-state index contributed by atoms with van der Waals surface area (Å²) in [5.74, 6) is -0.415. The van der Waals surface area contributed by atoms with Crippen LogP contribution in [0.15, 0.2) is 52.4 Å². The van der Waals surface area contributed by atoms with E-state index in [0.717, 1.165) is 18.2 Å². The Morgan fingerprint density at radius 1 is 1.15 bits per heavy atom. The number of hydrogen-bond acceptors (Lipinski definition) is 7. The number of nitro benzene ring substituents is 1. The van der Waals surface area contributed by atoms with E-state index in [2.05, 4.69) is 4.99 Å². The molecular weight excluding hydrogens is 374 g/mol. The molecule has 0 unspecified atom stereocenters. The second kappa shape index (κ2) is 7.82. The van der Waals surface area contributed by atoms with Gasteiger partial charge in [-0.1, -0.05) is 17.9 Å². The molecule has 0 saturated carbocycles. The minimum absolute atomic E-state index is 0.0469. The number of nitro groups is 1. The minimum atomic E-state index is -3.67. The van der Waals surface area contributed by atoms with Gasteiger partial charge in [0.05, 0.1) is 28.7 Å². The number of morpholine rings is 1. The van der Waals surface area contributed by atoms with Gasteiger partial charge in [0.25, 0.3) is 5.69 Å². The highest BCUT2D eigenvalue weighted by atomic mass is 32.2. The SMILES string of the molecule is O=[N+]([O-])c1ccc([O-])c(C=Nc2cccc(S(=O)(=O)N3CCOCC3)c2)c1. The van der Waals surface area contributed by atoms with Crippen molar-refractivity contribution in [2.24, 2.45) is 4.99 Å². The van der Waals surface area contributed by atoms with Gasteiger partial charge in [-0.05, 0) is 23.8 Å². The number of nitrogens with zero attached hydrogens (tertiary/aromatic N) is 3. The quantitative estimate of drug-likeness (QED) is 0.432. The molecule has 0 spiro atoms. The van der Waals surface area contributed by atoms with Crippen molar-refractivity contribution in [3.63, 3.8) is 0 Å². The van der Waals surface area contributed by atoms with E-state index in [-0.39, 0.29) is 29.2 Å². The number of aliphatic imine (C=N–C) groups is 1. The largest absolute Gasteiger partial charge is 0.872 e. The van der Waals surface area contributed by atoms with Gasteiger partial charge in [0.15, 0.2) is 0 Å². The van der Waals surface area contributed by atoms with E-state index in [4.69, 9.17) is 4.74 Å². The molecule has 2 aromatic rings. The van der Waals surface area contributed by atoms with Crippen LogP contribution in [0, 0.1) is 10.1 Å². The van der Waals surface area contributed by atoms with E-state index < -0.39 is 20.7 Å². The third-order valence-corrected chi connectivity index (χ3v) is 5.88. The highest BCUT2D eigenvalue weighted by molar-refractivity contribution is 7.89. The van der Waals surface area contributed by atoms with E-state index in [1.807, 2.05) is 0 Å². The van der Waals surface area contributed by atoms with Crippen LogP contribution in [-0.2, 0) is 14.8 Å². The van der Waals surface area contributed by atoms with Gasteiger partial charge in [0.1, 0.15) is 0 Å². The normalized spacial score (nSPS) is 15.9. The van der Waals surface area contributed by atoms with E-state index in [0.29, 0.717) is 18.9 Å². The van der Waals surface area contributed by atoms with Crippen LogP contribution in [0.5, 0.6) is 5.75 Å². The van der Waals surface area contributed by atoms with E-state index in [1.54, 1.807) is 12.1 Å². The fraction of sp³-hybridized carbons (Fsp3) is 0.235. The van der Waals surface area contributed by atoms with Crippen molar-refractivity contribution >= 4 is 27.6 Å². The highest BCUT2D eigenvalue weighted by Crippen LogP contribution is 2.24. The molecule has 0 radical (unpaired) electrons. The molecule has 2 aromatic carbocycles. The molecule has 0 amide bonds. The van der Waals surface area contributed by atoms with Crippen LogP contribution in [0.25, 0.3) is 0 Å². The number of non-ortho nitro benzene ring substituents is 1. The Kier molecular flexibility index (Phi) is 5.49. The summed E-state index contributed by atoms with van der Waals surface area (Å²) < 4.78 is 31.9. The van der Waals surface area contributed by atoms with Crippen LogP contribution in [0.1, 0.15) is 5.56 Å². The molecule has 1 fully saturated rings. The van der Waals surface area contributed by atoms with Crippen LogP contribution < -0.4 is 5.11 Å². The molecular formula is C17H16N3O6S-. The fourth-order valence-corrected chi connectivity index (χ4v) is 4.00. The monoisotopic (exact) mass is 390 g/mol. The molecule has 1 aliphatic rings. The molecule has 142 valence electrons. The molecule has 0 atom stereocenters. The summed E-state index contributed by atoms with van der Waals surface area (Å²) in [5, 5.41) is 22.6. The van der Waals surface area contributed by atoms with Crippen molar-refractivity contribution in [1.29, 1.82) is 0 Å². The molecule has 0 bridgehead atoms. The molecule has 1 aliphatic heterocycles. The first-order valence-electron chi connectivity index (χ1n) is 8.05. The first-order chi connectivity index (χ1) is 12.9. The summed E-state index contributed by atoms with van der Waals surface area (Å²) >= 11 is 0. The number of sulfonamides is 1. The maximum Gasteiger partial charge on any atom is 0.270 e. The zero-order valence-corrected chi connectivity index (χ0v) is 15.0. The number of ether oxygens (including phenoxy) is 1. The van der Waals surface area contributed by atoms with Crippen molar-refractivity contribution in [3.8, 4) is 5.75 Å². The van der Waals surface area contributed by atoms with Crippen LogP contribution in [-0.4, -0.2) is 50.2 Å². The summed E-state index contributed by atoms with van der Waals surface area (Å²) in [4.78, 5) is 14.4. The first-order valence-corrected chi connectivity index (χ1v) is 9.49. The molecule has 0 N–H and O–H groups in total. The van der Waals surface area contributed by atoms with Crippen molar-refractivity contribution in [3.05, 3.63) is 58.1 Å². The van der Waals surface area contributed by atoms with Crippen LogP contribution in [0.2, 0.25) is 0 Å². The summed E-state index contributed by atoms with van der Waals surface area (Å²) in [6.07, 6.45) is 1.19. The third kappa shape index (κ3) is 4.30. The van der Waals surface area contributed by atoms with Gasteiger partial charge in [-0.25, -0.2) is 8.42 Å². The van der Waals surface area contributed by atoms with E-state index >= 15 is 0 Å². The molecule has 9 nitrogen and oxygen atoms in total. The van der Waals surface area contributed by atoms with Gasteiger partial charge >= 0.3 is 0 Å². The van der Waals surface area contributed by atoms with Crippen LogP contribution in [0.3, 0.4) is 0 Å². The highest BCUT2D eigenvalue weighted by Gasteiger charge is 2.26. The van der Waals surface area contributed by atoms with E-state index in [9.17, 15) is 23.6 Å². The van der Waals surface area contributed by atoms with Gasteiger partial charge in [-0.15, -0.1) is 0 Å². The van der Waals surface area contributed by atoms with Crippen LogP contribution in [0.4, 0.5) is 11.4 Å².